The van der Waals surface area contributed by atoms with Crippen LogP contribution in [0.25, 0.3) is 16.0 Å². The summed E-state index contributed by atoms with van der Waals surface area (Å²) in [4.78, 5) is 33.4. The molecular weight excluding hydrogens is 524 g/mol. The van der Waals surface area contributed by atoms with Crippen LogP contribution in [0.1, 0.15) is 55.0 Å². The van der Waals surface area contributed by atoms with E-state index in [4.69, 9.17) is 14.5 Å². The lowest BCUT2D eigenvalue weighted by Crippen LogP contribution is -2.29. The van der Waals surface area contributed by atoms with Crippen molar-refractivity contribution in [2.24, 2.45) is 0 Å². The number of nitrogens with zero attached hydrogens (tertiary/aromatic N) is 2. The number of ketones is 1. The molecular formula is C32H30N2O5S. The molecule has 0 bridgehead atoms. The number of benzene rings is 3. The number of carbonyl (C=O) groups is 2. The minimum atomic E-state index is -0.875. The largest absolute Gasteiger partial charge is 0.507 e. The number of fused-ring (bicyclic) bond motifs is 2. The van der Waals surface area contributed by atoms with E-state index in [1.54, 1.807) is 12.1 Å². The summed E-state index contributed by atoms with van der Waals surface area (Å²) < 4.78 is 12.7. The van der Waals surface area contributed by atoms with Crippen LogP contribution in [0.2, 0.25) is 0 Å². The minimum Gasteiger partial charge on any atom is -0.507 e. The number of aliphatic hydroxyl groups excluding tert-OH is 1. The molecule has 0 aliphatic carbocycles. The van der Waals surface area contributed by atoms with E-state index in [-0.39, 0.29) is 17.4 Å². The van der Waals surface area contributed by atoms with Gasteiger partial charge in [-0.25, -0.2) is 4.98 Å². The van der Waals surface area contributed by atoms with Crippen molar-refractivity contribution < 1.29 is 24.2 Å². The van der Waals surface area contributed by atoms with Gasteiger partial charge < -0.3 is 14.6 Å². The van der Waals surface area contributed by atoms with Crippen molar-refractivity contribution in [3.8, 4) is 11.5 Å². The van der Waals surface area contributed by atoms with Crippen LogP contribution in [0.3, 0.4) is 0 Å². The summed E-state index contributed by atoms with van der Waals surface area (Å²) in [7, 11) is 0. The Bertz CT molecular complexity index is 1670. The van der Waals surface area contributed by atoms with Gasteiger partial charge in [-0.2, -0.15) is 0 Å². The summed E-state index contributed by atoms with van der Waals surface area (Å²) in [6.07, 6.45) is 2.66. The third-order valence-electron chi connectivity index (χ3n) is 7.29. The Balaban J connectivity index is 1.50. The first-order valence-corrected chi connectivity index (χ1v) is 14.4. The molecule has 7 nitrogen and oxygen atoms in total. The summed E-state index contributed by atoms with van der Waals surface area (Å²) in [6.45, 7) is 6.64. The monoisotopic (exact) mass is 554 g/mol. The zero-order valence-corrected chi connectivity index (χ0v) is 23.5. The zero-order valence-electron chi connectivity index (χ0n) is 22.6. The number of ether oxygens (including phenoxy) is 2. The highest BCUT2D eigenvalue weighted by atomic mass is 32.1. The Kier molecular flexibility index (Phi) is 6.80. The summed E-state index contributed by atoms with van der Waals surface area (Å²) in [5.41, 5.74) is 3.93. The molecule has 2 aliphatic heterocycles. The first kappa shape index (κ1) is 26.1. The van der Waals surface area contributed by atoms with Crippen molar-refractivity contribution in [3.63, 3.8) is 0 Å². The van der Waals surface area contributed by atoms with Crippen LogP contribution >= 0.6 is 11.3 Å². The summed E-state index contributed by atoms with van der Waals surface area (Å²) in [5, 5.41) is 12.0. The van der Waals surface area contributed by atoms with Crippen LogP contribution in [0.5, 0.6) is 11.5 Å². The van der Waals surface area contributed by atoms with Crippen molar-refractivity contribution >= 4 is 44.1 Å². The molecule has 3 heterocycles. The number of amides is 1. The number of unbranched alkanes of at least 4 members (excludes halogenated alkanes) is 1. The summed E-state index contributed by atoms with van der Waals surface area (Å²) in [6, 6.07) is 17.8. The Hall–Kier alpha value is -4.17. The maximum atomic E-state index is 13.7. The summed E-state index contributed by atoms with van der Waals surface area (Å²) >= 11 is 1.35. The third-order valence-corrected chi connectivity index (χ3v) is 8.31. The van der Waals surface area contributed by atoms with Gasteiger partial charge in [0.15, 0.2) is 5.13 Å². The SMILES string of the molecule is CCCCOc1cccc(C2/C(=C(/O)c3ccc4c(c3)CC(C)O4)C(=O)C(=O)N2c2nc3ccc(C)cc3s2)c1. The topological polar surface area (TPSA) is 89.0 Å². The minimum absolute atomic E-state index is 0.0260. The molecule has 3 aromatic carbocycles. The van der Waals surface area contributed by atoms with Gasteiger partial charge in [-0.05, 0) is 79.4 Å². The number of carbonyl (C=O) groups excluding carboxylic acids is 2. The van der Waals surface area contributed by atoms with E-state index in [1.165, 1.54) is 16.2 Å². The normalized spacial score (nSPS) is 19.7. The number of aryl methyl sites for hydroxylation is 1. The van der Waals surface area contributed by atoms with E-state index in [9.17, 15) is 14.7 Å². The van der Waals surface area contributed by atoms with E-state index in [2.05, 4.69) is 6.92 Å². The molecule has 0 radical (unpaired) electrons. The van der Waals surface area contributed by atoms with Crippen molar-refractivity contribution in [1.29, 1.82) is 0 Å². The molecule has 2 aliphatic rings. The average Bonchev–Trinajstić information content (AvgIpc) is 3.60. The van der Waals surface area contributed by atoms with Crippen LogP contribution < -0.4 is 14.4 Å². The van der Waals surface area contributed by atoms with Crippen LogP contribution in [0, 0.1) is 6.92 Å². The Morgan fingerprint density at radius 3 is 2.83 bits per heavy atom. The van der Waals surface area contributed by atoms with E-state index in [0.717, 1.165) is 39.9 Å². The Morgan fingerprint density at radius 2 is 2.00 bits per heavy atom. The van der Waals surface area contributed by atoms with Gasteiger partial charge in [-0.3, -0.25) is 14.5 Å². The highest BCUT2D eigenvalue weighted by Gasteiger charge is 2.48. The van der Waals surface area contributed by atoms with Gasteiger partial charge in [0.25, 0.3) is 5.78 Å². The number of aromatic nitrogens is 1. The number of hydrogen-bond acceptors (Lipinski definition) is 7. The van der Waals surface area contributed by atoms with Gasteiger partial charge in [0.2, 0.25) is 0 Å². The van der Waals surface area contributed by atoms with Crippen LogP contribution in [-0.2, 0) is 16.0 Å². The number of rotatable bonds is 7. The highest BCUT2D eigenvalue weighted by molar-refractivity contribution is 7.22. The fourth-order valence-electron chi connectivity index (χ4n) is 5.30. The van der Waals surface area contributed by atoms with Gasteiger partial charge in [0.1, 0.15) is 23.4 Å². The number of aliphatic hydroxyl groups is 1. The molecule has 204 valence electrons. The van der Waals surface area contributed by atoms with Crippen LogP contribution in [-0.4, -0.2) is 34.5 Å². The Labute approximate surface area is 236 Å². The number of hydrogen-bond donors (Lipinski definition) is 1. The molecule has 2 unspecified atom stereocenters. The van der Waals surface area contributed by atoms with Gasteiger partial charge >= 0.3 is 5.91 Å². The van der Waals surface area contributed by atoms with Crippen molar-refractivity contribution in [1.82, 2.24) is 4.98 Å². The lowest BCUT2D eigenvalue weighted by atomic mass is 9.94. The van der Waals surface area contributed by atoms with Crippen LogP contribution in [0.15, 0.2) is 66.2 Å². The second kappa shape index (κ2) is 10.4. The Morgan fingerprint density at radius 1 is 1.15 bits per heavy atom. The van der Waals surface area contributed by atoms with Gasteiger partial charge in [0, 0.05) is 12.0 Å². The van der Waals surface area contributed by atoms with Crippen LogP contribution in [0.4, 0.5) is 5.13 Å². The maximum Gasteiger partial charge on any atom is 0.301 e. The van der Waals surface area contributed by atoms with Gasteiger partial charge in [-0.1, -0.05) is 42.9 Å². The predicted molar refractivity (Wildman–Crippen MR) is 156 cm³/mol. The molecule has 40 heavy (non-hydrogen) atoms. The van der Waals surface area contributed by atoms with Crippen molar-refractivity contribution in [2.45, 2.75) is 52.2 Å². The molecule has 1 saturated heterocycles. The molecule has 2 atom stereocenters. The maximum absolute atomic E-state index is 13.7. The zero-order chi connectivity index (χ0) is 28.0. The number of thiazole rings is 1. The highest BCUT2D eigenvalue weighted by Crippen LogP contribution is 2.45. The molecule has 1 fully saturated rings. The average molecular weight is 555 g/mol. The second-order valence-electron chi connectivity index (χ2n) is 10.4. The molecule has 1 aromatic heterocycles. The van der Waals surface area contributed by atoms with Crippen molar-refractivity contribution in [2.75, 3.05) is 11.5 Å². The molecule has 0 saturated carbocycles. The molecule has 8 heteroatoms. The smallest absolute Gasteiger partial charge is 0.301 e. The van der Waals surface area contributed by atoms with Gasteiger partial charge in [0.05, 0.1) is 28.4 Å². The van der Waals surface area contributed by atoms with Gasteiger partial charge in [-0.15, -0.1) is 0 Å². The molecule has 4 aromatic rings. The van der Waals surface area contributed by atoms with E-state index >= 15 is 0 Å². The second-order valence-corrected chi connectivity index (χ2v) is 11.4. The standard InChI is InChI=1S/C32H30N2O5S/c1-4-5-13-38-23-8-6-7-20(17-23)28-27(29(35)21-10-12-25-22(16-21)15-19(3)39-25)30(36)31(37)34(28)32-33-24-11-9-18(2)14-26(24)40-32/h6-12,14,16-17,19,28,35H,4-5,13,15H2,1-3H3/b29-27-. The van der Waals surface area contributed by atoms with E-state index in [1.807, 2.05) is 62.4 Å². The lowest BCUT2D eigenvalue weighted by molar-refractivity contribution is -0.132. The molecule has 1 amide bonds. The fraction of sp³-hybridized carbons (Fsp3) is 0.281. The molecule has 0 spiro atoms. The summed E-state index contributed by atoms with van der Waals surface area (Å²) in [5.74, 6) is -0.288. The van der Waals surface area contributed by atoms with Crippen molar-refractivity contribution in [3.05, 3.63) is 88.5 Å². The quantitative estimate of drug-likeness (QED) is 0.118. The first-order valence-electron chi connectivity index (χ1n) is 13.5. The number of Topliss-reactive ketones (excluding diaryl/α,β-unsaturated/α-hetero) is 1. The van der Waals surface area contributed by atoms with E-state index in [0.29, 0.717) is 35.0 Å². The third kappa shape index (κ3) is 4.62. The van der Waals surface area contributed by atoms with E-state index < -0.39 is 17.7 Å². The first-order chi connectivity index (χ1) is 19.3. The number of anilines is 1. The predicted octanol–water partition coefficient (Wildman–Crippen LogP) is 6.73. The lowest BCUT2D eigenvalue weighted by Gasteiger charge is -2.23. The molecule has 6 rings (SSSR count). The fourth-order valence-corrected chi connectivity index (χ4v) is 6.39. The molecule has 1 N–H and O–H groups in total.